The number of carbonyl (C=O) groups is 1. The fraction of sp³-hybridized carbons (Fsp3) is 0.923. The number of ether oxygens (including phenoxy) is 1. The lowest BCUT2D eigenvalue weighted by atomic mass is 10.1. The maximum absolute atomic E-state index is 11.7. The van der Waals surface area contributed by atoms with Crippen LogP contribution in [0.5, 0.6) is 0 Å². The second-order valence-electron chi connectivity index (χ2n) is 9.18. The Hall–Kier alpha value is -1.30. The summed E-state index contributed by atoms with van der Waals surface area (Å²) in [6.07, 6.45) is 21.1. The SMILES string of the molecule is CCCCCCCCCCN(CCCCCCCCCC)C(CCNC(=N)N)OC(C)=O. The molecule has 0 heterocycles. The smallest absolute Gasteiger partial charge is 0.304 e. The van der Waals surface area contributed by atoms with E-state index in [1.807, 2.05) is 0 Å². The Balaban J connectivity index is 4.47. The van der Waals surface area contributed by atoms with Gasteiger partial charge in [-0.25, -0.2) is 0 Å². The van der Waals surface area contributed by atoms with E-state index in [0.717, 1.165) is 25.9 Å². The third-order valence-corrected chi connectivity index (χ3v) is 6.01. The van der Waals surface area contributed by atoms with E-state index in [1.165, 1.54) is 96.8 Å². The van der Waals surface area contributed by atoms with Crippen LogP contribution in [0.3, 0.4) is 0 Å². The van der Waals surface area contributed by atoms with Gasteiger partial charge in [-0.1, -0.05) is 104 Å². The highest BCUT2D eigenvalue weighted by atomic mass is 16.6. The van der Waals surface area contributed by atoms with Gasteiger partial charge < -0.3 is 15.8 Å². The molecule has 0 saturated carbocycles. The van der Waals surface area contributed by atoms with Crippen molar-refractivity contribution in [2.45, 2.75) is 136 Å². The molecule has 0 rings (SSSR count). The largest absolute Gasteiger partial charge is 0.446 e. The van der Waals surface area contributed by atoms with Gasteiger partial charge in [0.15, 0.2) is 12.2 Å². The Labute approximate surface area is 198 Å². The van der Waals surface area contributed by atoms with E-state index in [0.29, 0.717) is 13.0 Å². The van der Waals surface area contributed by atoms with E-state index in [9.17, 15) is 4.79 Å². The summed E-state index contributed by atoms with van der Waals surface area (Å²) in [5.41, 5.74) is 5.42. The fourth-order valence-electron chi connectivity index (χ4n) is 4.14. The van der Waals surface area contributed by atoms with Crippen LogP contribution in [0.2, 0.25) is 0 Å². The van der Waals surface area contributed by atoms with Crippen molar-refractivity contribution >= 4 is 11.9 Å². The van der Waals surface area contributed by atoms with Crippen LogP contribution in [0.4, 0.5) is 0 Å². The number of rotatable bonds is 23. The third-order valence-electron chi connectivity index (χ3n) is 6.01. The molecule has 32 heavy (non-hydrogen) atoms. The molecule has 0 aromatic carbocycles. The van der Waals surface area contributed by atoms with Crippen LogP contribution < -0.4 is 11.1 Å². The lowest BCUT2D eigenvalue weighted by Crippen LogP contribution is -2.43. The predicted molar refractivity (Wildman–Crippen MR) is 137 cm³/mol. The van der Waals surface area contributed by atoms with E-state index >= 15 is 0 Å². The van der Waals surface area contributed by atoms with E-state index < -0.39 is 0 Å². The summed E-state index contributed by atoms with van der Waals surface area (Å²) in [6.45, 7) is 8.46. The molecular formula is C26H54N4O2. The quantitative estimate of drug-likeness (QED) is 0.0551. The summed E-state index contributed by atoms with van der Waals surface area (Å²) in [5, 5.41) is 10.2. The number of guanidine groups is 1. The van der Waals surface area contributed by atoms with Gasteiger partial charge in [-0.05, 0) is 12.8 Å². The molecule has 1 unspecified atom stereocenters. The molecule has 0 aromatic rings. The maximum Gasteiger partial charge on any atom is 0.304 e. The summed E-state index contributed by atoms with van der Waals surface area (Å²) in [6, 6.07) is 0. The molecule has 1 atom stereocenters. The van der Waals surface area contributed by atoms with Crippen molar-refractivity contribution in [1.29, 1.82) is 5.41 Å². The Morgan fingerprint density at radius 2 is 1.22 bits per heavy atom. The summed E-state index contributed by atoms with van der Waals surface area (Å²) < 4.78 is 5.67. The molecule has 0 amide bonds. The second-order valence-corrected chi connectivity index (χ2v) is 9.18. The Bertz CT molecular complexity index is 426. The molecule has 0 fully saturated rings. The minimum absolute atomic E-state index is 0.0377. The van der Waals surface area contributed by atoms with Gasteiger partial charge in [0.2, 0.25) is 0 Å². The van der Waals surface area contributed by atoms with Crippen LogP contribution in [-0.2, 0) is 9.53 Å². The molecule has 0 saturated heterocycles. The lowest BCUT2D eigenvalue weighted by Gasteiger charge is -2.31. The number of unbranched alkanes of at least 4 members (excludes halogenated alkanes) is 14. The highest BCUT2D eigenvalue weighted by molar-refractivity contribution is 5.74. The van der Waals surface area contributed by atoms with Crippen molar-refractivity contribution in [2.75, 3.05) is 19.6 Å². The molecule has 190 valence electrons. The third kappa shape index (κ3) is 20.6. The summed E-state index contributed by atoms with van der Waals surface area (Å²) >= 11 is 0. The zero-order chi connectivity index (χ0) is 23.9. The Kier molecular flexibility index (Phi) is 21.9. The number of nitrogens with two attached hydrogens (primary N) is 1. The average molecular weight is 455 g/mol. The molecule has 0 aliphatic carbocycles. The highest BCUT2D eigenvalue weighted by Gasteiger charge is 2.20. The van der Waals surface area contributed by atoms with E-state index in [-0.39, 0.29) is 18.2 Å². The van der Waals surface area contributed by atoms with Gasteiger partial charge in [0.05, 0.1) is 0 Å². The van der Waals surface area contributed by atoms with Gasteiger partial charge in [0, 0.05) is 33.0 Å². The normalized spacial score (nSPS) is 12.1. The van der Waals surface area contributed by atoms with Crippen molar-refractivity contribution in [3.63, 3.8) is 0 Å². The van der Waals surface area contributed by atoms with Crippen molar-refractivity contribution in [3.8, 4) is 0 Å². The summed E-state index contributed by atoms with van der Waals surface area (Å²) in [7, 11) is 0. The van der Waals surface area contributed by atoms with Crippen LogP contribution in [0.25, 0.3) is 0 Å². The number of nitrogens with one attached hydrogen (secondary N) is 2. The molecule has 0 aliphatic heterocycles. The van der Waals surface area contributed by atoms with Crippen molar-refractivity contribution < 1.29 is 9.53 Å². The highest BCUT2D eigenvalue weighted by Crippen LogP contribution is 2.15. The second kappa shape index (κ2) is 22.9. The number of hydrogen-bond acceptors (Lipinski definition) is 4. The van der Waals surface area contributed by atoms with Gasteiger partial charge in [-0.2, -0.15) is 0 Å². The van der Waals surface area contributed by atoms with Crippen molar-refractivity contribution in [3.05, 3.63) is 0 Å². The molecule has 6 nitrogen and oxygen atoms in total. The van der Waals surface area contributed by atoms with Crippen LogP contribution in [-0.4, -0.2) is 42.7 Å². The lowest BCUT2D eigenvalue weighted by molar-refractivity contribution is -0.157. The van der Waals surface area contributed by atoms with Crippen LogP contribution in [0, 0.1) is 5.41 Å². The Morgan fingerprint density at radius 3 is 1.59 bits per heavy atom. The first-order chi connectivity index (χ1) is 15.5. The predicted octanol–water partition coefficient (Wildman–Crippen LogP) is 6.33. The first kappa shape index (κ1) is 30.7. The maximum atomic E-state index is 11.7. The molecular weight excluding hydrogens is 400 g/mol. The zero-order valence-corrected chi connectivity index (χ0v) is 21.6. The monoisotopic (exact) mass is 454 g/mol. The zero-order valence-electron chi connectivity index (χ0n) is 21.6. The number of carbonyl (C=O) groups excluding carboxylic acids is 1. The topological polar surface area (TPSA) is 91.4 Å². The summed E-state index contributed by atoms with van der Waals surface area (Å²) in [4.78, 5) is 14.1. The van der Waals surface area contributed by atoms with Gasteiger partial charge in [-0.15, -0.1) is 0 Å². The minimum atomic E-state index is -0.242. The molecule has 0 bridgehead atoms. The van der Waals surface area contributed by atoms with Gasteiger partial charge >= 0.3 is 5.97 Å². The van der Waals surface area contributed by atoms with Crippen LogP contribution in [0.1, 0.15) is 130 Å². The average Bonchev–Trinajstić information content (AvgIpc) is 2.74. The van der Waals surface area contributed by atoms with Gasteiger partial charge in [0.1, 0.15) is 0 Å². The van der Waals surface area contributed by atoms with Crippen molar-refractivity contribution in [1.82, 2.24) is 10.2 Å². The molecule has 4 N–H and O–H groups in total. The van der Waals surface area contributed by atoms with E-state index in [2.05, 4.69) is 24.1 Å². The molecule has 0 aliphatic rings. The van der Waals surface area contributed by atoms with Gasteiger partial charge in [0.25, 0.3) is 0 Å². The van der Waals surface area contributed by atoms with E-state index in [1.54, 1.807) is 0 Å². The number of hydrogen-bond donors (Lipinski definition) is 3. The number of esters is 1. The minimum Gasteiger partial charge on any atom is -0.446 e. The first-order valence-corrected chi connectivity index (χ1v) is 13.5. The van der Waals surface area contributed by atoms with E-state index in [4.69, 9.17) is 15.9 Å². The molecule has 0 aromatic heterocycles. The number of nitrogens with zero attached hydrogens (tertiary/aromatic N) is 1. The molecule has 0 radical (unpaired) electrons. The Morgan fingerprint density at radius 1 is 0.812 bits per heavy atom. The van der Waals surface area contributed by atoms with Crippen LogP contribution >= 0.6 is 0 Å². The fourth-order valence-corrected chi connectivity index (χ4v) is 4.14. The first-order valence-electron chi connectivity index (χ1n) is 13.5. The molecule has 6 heteroatoms. The van der Waals surface area contributed by atoms with Crippen LogP contribution in [0.15, 0.2) is 0 Å². The summed E-state index contributed by atoms with van der Waals surface area (Å²) in [5.74, 6) is -0.279. The molecule has 0 spiro atoms. The van der Waals surface area contributed by atoms with Crippen molar-refractivity contribution in [2.24, 2.45) is 5.73 Å². The van der Waals surface area contributed by atoms with Gasteiger partial charge in [-0.3, -0.25) is 15.1 Å². The standard InChI is InChI=1S/C26H54N4O2/c1-4-6-8-10-12-14-16-18-22-30(23-19-17-15-13-11-9-7-5-2)25(32-24(3)31)20-21-29-26(27)28/h25H,4-23H2,1-3H3,(H4,27,28,29).